The van der Waals surface area contributed by atoms with E-state index in [0.29, 0.717) is 28.3 Å². The minimum absolute atomic E-state index is 0.0689. The van der Waals surface area contributed by atoms with Gasteiger partial charge in [0.15, 0.2) is 0 Å². The van der Waals surface area contributed by atoms with Crippen LogP contribution in [-0.2, 0) is 4.79 Å². The molecule has 1 aliphatic rings. The van der Waals surface area contributed by atoms with Crippen LogP contribution in [0.1, 0.15) is 48.9 Å². The first-order valence-electron chi connectivity index (χ1n) is 12.0. The van der Waals surface area contributed by atoms with Crippen LogP contribution in [0.4, 0.5) is 17.1 Å². The number of nitrogens with one attached hydrogen (secondary N) is 3. The Kier molecular flexibility index (Phi) is 8.05. The van der Waals surface area contributed by atoms with Crippen molar-refractivity contribution < 1.29 is 9.53 Å². The minimum atomic E-state index is -0.323. The lowest BCUT2D eigenvalue weighted by molar-refractivity contribution is -0.121. The lowest BCUT2D eigenvalue weighted by atomic mass is 9.99. The number of anilines is 3. The van der Waals surface area contributed by atoms with Gasteiger partial charge >= 0.3 is 0 Å². The van der Waals surface area contributed by atoms with Gasteiger partial charge in [-0.2, -0.15) is 11.3 Å². The summed E-state index contributed by atoms with van der Waals surface area (Å²) in [6.45, 7) is 4.77. The smallest absolute Gasteiger partial charge is 0.246 e. The molecule has 7 nitrogen and oxygen atoms in total. The molecule has 184 valence electrons. The molecule has 3 aromatic rings. The van der Waals surface area contributed by atoms with Crippen LogP contribution in [0.25, 0.3) is 0 Å². The van der Waals surface area contributed by atoms with Crippen molar-refractivity contribution in [2.75, 3.05) is 43.1 Å². The molecule has 0 radical (unpaired) electrons. The van der Waals surface area contributed by atoms with Crippen molar-refractivity contribution in [3.63, 3.8) is 0 Å². The first-order valence-corrected chi connectivity index (χ1v) is 12.9. The van der Waals surface area contributed by atoms with Gasteiger partial charge in [0.1, 0.15) is 11.8 Å². The Morgan fingerprint density at radius 2 is 2.00 bits per heavy atom. The van der Waals surface area contributed by atoms with Crippen molar-refractivity contribution in [3.05, 3.63) is 69.9 Å². The van der Waals surface area contributed by atoms with E-state index >= 15 is 0 Å². The minimum Gasteiger partial charge on any atom is -0.495 e. The van der Waals surface area contributed by atoms with Crippen molar-refractivity contribution in [3.8, 4) is 5.75 Å². The summed E-state index contributed by atoms with van der Waals surface area (Å²) < 4.78 is 5.53. The van der Waals surface area contributed by atoms with Gasteiger partial charge < -0.3 is 21.1 Å². The topological polar surface area (TPSA) is 103 Å². The third kappa shape index (κ3) is 5.66. The molecule has 1 aromatic heterocycles. The molecule has 0 aliphatic carbocycles. The van der Waals surface area contributed by atoms with E-state index in [1.54, 1.807) is 36.6 Å². The predicted octanol–water partition coefficient (Wildman–Crippen LogP) is 5.35. The van der Waals surface area contributed by atoms with Crippen molar-refractivity contribution in [1.82, 2.24) is 4.90 Å². The number of likely N-dealkylation sites (tertiary alicyclic amines) is 1. The maximum Gasteiger partial charge on any atom is 0.246 e. The molecule has 0 bridgehead atoms. The number of thiophene rings is 1. The van der Waals surface area contributed by atoms with Gasteiger partial charge in [-0.25, -0.2) is 0 Å². The number of benzene rings is 2. The number of methoxy groups -OCH3 is 1. The summed E-state index contributed by atoms with van der Waals surface area (Å²) in [4.78, 5) is 15.6. The molecule has 5 N–H and O–H groups in total. The lowest BCUT2D eigenvalue weighted by Gasteiger charge is -2.26. The number of hydrogen-bond acceptors (Lipinski definition) is 7. The van der Waals surface area contributed by atoms with Crippen LogP contribution in [-0.4, -0.2) is 43.3 Å². The van der Waals surface area contributed by atoms with Crippen molar-refractivity contribution in [2.24, 2.45) is 0 Å². The molecule has 2 heterocycles. The second-order valence-corrected chi connectivity index (χ2v) is 9.49. The molecule has 1 amide bonds. The average Bonchev–Trinajstić information content (AvgIpc) is 3.59. The number of carbonyl (C=O) groups is 1. The van der Waals surface area contributed by atoms with E-state index in [1.807, 2.05) is 35.0 Å². The number of carbonyl (C=O) groups excluding carboxylic acids is 1. The molecule has 1 unspecified atom stereocenters. The number of nitrogens with two attached hydrogens (primary N) is 1. The monoisotopic (exact) mass is 491 g/mol. The highest BCUT2D eigenvalue weighted by Crippen LogP contribution is 2.31. The van der Waals surface area contributed by atoms with Crippen LogP contribution in [0.2, 0.25) is 0 Å². The third-order valence-corrected chi connectivity index (χ3v) is 6.96. The molecule has 8 heteroatoms. The molecule has 0 saturated carbocycles. The molecule has 2 aromatic carbocycles. The van der Waals surface area contributed by atoms with Gasteiger partial charge in [-0.15, -0.1) is 0 Å². The summed E-state index contributed by atoms with van der Waals surface area (Å²) in [7, 11) is 1.62. The molecule has 1 atom stereocenters. The fourth-order valence-electron chi connectivity index (χ4n) is 4.43. The third-order valence-electron chi connectivity index (χ3n) is 6.26. The van der Waals surface area contributed by atoms with Crippen LogP contribution >= 0.6 is 11.3 Å². The van der Waals surface area contributed by atoms with Crippen LogP contribution < -0.4 is 21.1 Å². The molecule has 1 aliphatic heterocycles. The first kappa shape index (κ1) is 24.8. The Hall–Kier alpha value is -3.36. The maximum atomic E-state index is 13.4. The number of hydrogen-bond donors (Lipinski definition) is 4. The van der Waals surface area contributed by atoms with Crippen molar-refractivity contribution >= 4 is 40.0 Å². The molecule has 0 spiro atoms. The van der Waals surface area contributed by atoms with Gasteiger partial charge in [-0.1, -0.05) is 13.0 Å². The van der Waals surface area contributed by atoms with Crippen molar-refractivity contribution in [1.29, 1.82) is 5.41 Å². The summed E-state index contributed by atoms with van der Waals surface area (Å²) in [5.74, 6) is 0.605. The first-order chi connectivity index (χ1) is 17.0. The van der Waals surface area contributed by atoms with E-state index in [4.69, 9.17) is 15.9 Å². The Bertz CT molecular complexity index is 1170. The maximum absolute atomic E-state index is 13.4. The second kappa shape index (κ2) is 11.4. The molecular formula is C27H33N5O2S. The SMILES string of the molecule is CCCNc1ccc(C(=N)c2cc(NC(=O)C(c3ccsc3)N3CCCC3)ccc2N)cc1OC. The fraction of sp³-hybridized carbons (Fsp3) is 0.333. The largest absolute Gasteiger partial charge is 0.495 e. The molecule has 1 saturated heterocycles. The number of rotatable bonds is 10. The van der Waals surface area contributed by atoms with E-state index in [2.05, 4.69) is 22.5 Å². The van der Waals surface area contributed by atoms with Gasteiger partial charge in [-0.05, 0) is 85.1 Å². The zero-order valence-electron chi connectivity index (χ0n) is 20.3. The second-order valence-electron chi connectivity index (χ2n) is 8.71. The van der Waals surface area contributed by atoms with E-state index < -0.39 is 0 Å². The highest BCUT2D eigenvalue weighted by Gasteiger charge is 2.30. The Labute approximate surface area is 210 Å². The average molecular weight is 492 g/mol. The van der Waals surface area contributed by atoms with Crippen LogP contribution in [0.5, 0.6) is 5.75 Å². The van der Waals surface area contributed by atoms with Gasteiger partial charge in [0.25, 0.3) is 0 Å². The quantitative estimate of drug-likeness (QED) is 0.226. The Morgan fingerprint density at radius 3 is 2.69 bits per heavy atom. The van der Waals surface area contributed by atoms with E-state index in [1.165, 1.54) is 0 Å². The highest BCUT2D eigenvalue weighted by atomic mass is 32.1. The zero-order valence-corrected chi connectivity index (χ0v) is 21.1. The van der Waals surface area contributed by atoms with Crippen LogP contribution in [0, 0.1) is 5.41 Å². The van der Waals surface area contributed by atoms with Crippen LogP contribution in [0.3, 0.4) is 0 Å². The summed E-state index contributed by atoms with van der Waals surface area (Å²) in [6, 6.07) is 12.6. The normalized spacial score (nSPS) is 14.5. The van der Waals surface area contributed by atoms with E-state index in [0.717, 1.165) is 50.1 Å². The lowest BCUT2D eigenvalue weighted by Crippen LogP contribution is -2.35. The van der Waals surface area contributed by atoms with Crippen LogP contribution in [0.15, 0.2) is 53.2 Å². The van der Waals surface area contributed by atoms with E-state index in [9.17, 15) is 4.79 Å². The van der Waals surface area contributed by atoms with E-state index in [-0.39, 0.29) is 17.7 Å². The number of ether oxygens (including phenoxy) is 1. The number of amides is 1. The molecule has 4 rings (SSSR count). The van der Waals surface area contributed by atoms with Gasteiger partial charge in [0, 0.05) is 29.0 Å². The highest BCUT2D eigenvalue weighted by molar-refractivity contribution is 7.08. The van der Waals surface area contributed by atoms with Crippen molar-refractivity contribution in [2.45, 2.75) is 32.2 Å². The van der Waals surface area contributed by atoms with Gasteiger partial charge in [-0.3, -0.25) is 15.1 Å². The molecular weight excluding hydrogens is 458 g/mol. The van der Waals surface area contributed by atoms with Gasteiger partial charge in [0.2, 0.25) is 5.91 Å². The summed E-state index contributed by atoms with van der Waals surface area (Å²) in [6.07, 6.45) is 3.21. The Balaban J connectivity index is 1.56. The van der Waals surface area contributed by atoms with Gasteiger partial charge in [0.05, 0.1) is 18.5 Å². The zero-order chi connectivity index (χ0) is 24.8. The fourth-order valence-corrected chi connectivity index (χ4v) is 5.11. The number of nitrogens with zero attached hydrogens (tertiary/aromatic N) is 1. The summed E-state index contributed by atoms with van der Waals surface area (Å²) >= 11 is 1.60. The predicted molar refractivity (Wildman–Crippen MR) is 145 cm³/mol. The number of nitrogen functional groups attached to an aromatic ring is 1. The molecule has 1 fully saturated rings. The Morgan fingerprint density at radius 1 is 1.20 bits per heavy atom. The molecule has 35 heavy (non-hydrogen) atoms. The standard InChI is InChI=1S/C27H33N5O2S/c1-3-11-30-23-9-6-18(15-24(23)34-2)25(29)21-16-20(7-8-22(21)28)31-27(33)26(19-10-14-35-17-19)32-12-4-5-13-32/h6-10,14-17,26,29-30H,3-5,11-13,28H2,1-2H3,(H,31,33). The summed E-state index contributed by atoms with van der Waals surface area (Å²) in [5.41, 5.74) is 10.8. The summed E-state index contributed by atoms with van der Waals surface area (Å²) in [5, 5.41) is 19.3.